The average molecular weight is 440 g/mol. The number of nitrogens with one attached hydrogen (secondary N) is 1. The molecule has 2 aliphatic rings. The van der Waals surface area contributed by atoms with Crippen LogP contribution in [0.4, 0.5) is 20.6 Å². The number of benzene rings is 2. The third kappa shape index (κ3) is 4.99. The molecule has 2 aromatic carbocycles. The molecule has 2 aliphatic heterocycles. The molecule has 0 bridgehead atoms. The molecule has 0 aromatic heterocycles. The molecule has 1 fully saturated rings. The standard InChI is InChI=1S/C23H25FN4O4/c24-17-5-7-18(8-6-17)25-23(31)27-13-11-26(12-14-27)21(29)9-10-22(30)28-15-16-32-20-4-2-1-3-19(20)28/h1-8H,9-16H2,(H,25,31). The van der Waals surface area contributed by atoms with Gasteiger partial charge in [-0.1, -0.05) is 12.1 Å². The van der Waals surface area contributed by atoms with Crippen molar-refractivity contribution < 1.29 is 23.5 Å². The number of hydrogen-bond donors (Lipinski definition) is 1. The van der Waals surface area contributed by atoms with Crippen LogP contribution in [0.3, 0.4) is 0 Å². The molecule has 0 saturated carbocycles. The number of hydrogen-bond acceptors (Lipinski definition) is 4. The molecule has 168 valence electrons. The Morgan fingerprint density at radius 3 is 2.25 bits per heavy atom. The number of anilines is 2. The summed E-state index contributed by atoms with van der Waals surface area (Å²) in [5.41, 5.74) is 1.25. The van der Waals surface area contributed by atoms with Gasteiger partial charge < -0.3 is 24.8 Å². The van der Waals surface area contributed by atoms with Crippen LogP contribution in [0.25, 0.3) is 0 Å². The Hall–Kier alpha value is -3.62. The molecule has 9 heteroatoms. The predicted octanol–water partition coefficient (Wildman–Crippen LogP) is 2.71. The molecule has 4 amide bonds. The van der Waals surface area contributed by atoms with Gasteiger partial charge in [-0.25, -0.2) is 9.18 Å². The first-order chi connectivity index (χ1) is 15.5. The van der Waals surface area contributed by atoms with E-state index in [0.29, 0.717) is 50.8 Å². The summed E-state index contributed by atoms with van der Waals surface area (Å²) in [4.78, 5) is 42.6. The molecular formula is C23H25FN4O4. The van der Waals surface area contributed by atoms with Crippen LogP contribution in [0.2, 0.25) is 0 Å². The molecule has 1 saturated heterocycles. The van der Waals surface area contributed by atoms with E-state index in [4.69, 9.17) is 4.74 Å². The Labute approximate surface area is 185 Å². The molecule has 0 unspecified atom stereocenters. The SMILES string of the molecule is O=C(CCC(=O)N1CCOc2ccccc21)N1CCN(C(=O)Nc2ccc(F)cc2)CC1. The van der Waals surface area contributed by atoms with E-state index in [-0.39, 0.29) is 36.5 Å². The number of carbonyl (C=O) groups excluding carboxylic acids is 3. The summed E-state index contributed by atoms with van der Waals surface area (Å²) in [6.45, 7) is 2.49. The number of rotatable bonds is 4. The maximum absolute atomic E-state index is 13.0. The topological polar surface area (TPSA) is 82.2 Å². The van der Waals surface area contributed by atoms with E-state index in [2.05, 4.69) is 5.32 Å². The summed E-state index contributed by atoms with van der Waals surface area (Å²) >= 11 is 0. The van der Waals surface area contributed by atoms with Gasteiger partial charge in [0, 0.05) is 44.7 Å². The minimum atomic E-state index is -0.369. The van der Waals surface area contributed by atoms with E-state index in [1.807, 2.05) is 24.3 Å². The highest BCUT2D eigenvalue weighted by molar-refractivity contribution is 5.97. The van der Waals surface area contributed by atoms with Gasteiger partial charge >= 0.3 is 6.03 Å². The molecule has 0 aliphatic carbocycles. The van der Waals surface area contributed by atoms with E-state index in [1.54, 1.807) is 14.7 Å². The van der Waals surface area contributed by atoms with Crippen LogP contribution < -0.4 is 15.0 Å². The maximum Gasteiger partial charge on any atom is 0.321 e. The number of fused-ring (bicyclic) bond motifs is 1. The zero-order valence-electron chi connectivity index (χ0n) is 17.6. The second-order valence-corrected chi connectivity index (χ2v) is 7.67. The van der Waals surface area contributed by atoms with E-state index >= 15 is 0 Å². The average Bonchev–Trinajstić information content (AvgIpc) is 2.83. The van der Waals surface area contributed by atoms with Crippen LogP contribution in [0.15, 0.2) is 48.5 Å². The van der Waals surface area contributed by atoms with Crippen molar-refractivity contribution in [3.63, 3.8) is 0 Å². The van der Waals surface area contributed by atoms with Crippen molar-refractivity contribution in [3.05, 3.63) is 54.3 Å². The molecule has 0 atom stereocenters. The first-order valence-electron chi connectivity index (χ1n) is 10.6. The number of piperazine rings is 1. The van der Waals surface area contributed by atoms with Gasteiger partial charge in [0.15, 0.2) is 0 Å². The lowest BCUT2D eigenvalue weighted by atomic mass is 10.2. The van der Waals surface area contributed by atoms with Crippen molar-refractivity contribution in [3.8, 4) is 5.75 Å². The third-order valence-electron chi connectivity index (χ3n) is 5.60. The van der Waals surface area contributed by atoms with Gasteiger partial charge in [-0.15, -0.1) is 0 Å². The van der Waals surface area contributed by atoms with Crippen molar-refractivity contribution in [1.29, 1.82) is 0 Å². The fourth-order valence-electron chi connectivity index (χ4n) is 3.83. The van der Waals surface area contributed by atoms with Gasteiger partial charge in [0.05, 0.1) is 12.2 Å². The molecule has 4 rings (SSSR count). The lowest BCUT2D eigenvalue weighted by Crippen LogP contribution is -2.51. The van der Waals surface area contributed by atoms with Crippen molar-refractivity contribution in [1.82, 2.24) is 9.80 Å². The van der Waals surface area contributed by atoms with E-state index in [9.17, 15) is 18.8 Å². The summed E-state index contributed by atoms with van der Waals surface area (Å²) in [5, 5.41) is 2.72. The van der Waals surface area contributed by atoms with Crippen LogP contribution >= 0.6 is 0 Å². The summed E-state index contributed by atoms with van der Waals surface area (Å²) in [6, 6.07) is 12.6. The second-order valence-electron chi connectivity index (χ2n) is 7.67. The van der Waals surface area contributed by atoms with Gasteiger partial charge in [-0.05, 0) is 36.4 Å². The number of carbonyl (C=O) groups is 3. The van der Waals surface area contributed by atoms with Crippen LogP contribution in [0.1, 0.15) is 12.8 Å². The van der Waals surface area contributed by atoms with Crippen LogP contribution in [0, 0.1) is 5.82 Å². The quantitative estimate of drug-likeness (QED) is 0.793. The van der Waals surface area contributed by atoms with E-state index < -0.39 is 0 Å². The predicted molar refractivity (Wildman–Crippen MR) is 117 cm³/mol. The molecule has 2 heterocycles. The monoisotopic (exact) mass is 440 g/mol. The summed E-state index contributed by atoms with van der Waals surface area (Å²) in [5.74, 6) is 0.102. The highest BCUT2D eigenvalue weighted by Gasteiger charge is 2.27. The zero-order valence-corrected chi connectivity index (χ0v) is 17.6. The Kier molecular flexibility index (Phi) is 6.53. The number of para-hydroxylation sites is 2. The summed E-state index contributed by atoms with van der Waals surface area (Å²) < 4.78 is 18.6. The summed E-state index contributed by atoms with van der Waals surface area (Å²) in [7, 11) is 0. The molecule has 0 radical (unpaired) electrons. The van der Waals surface area contributed by atoms with Gasteiger partial charge in [-0.3, -0.25) is 9.59 Å². The Balaban J connectivity index is 1.23. The smallest absolute Gasteiger partial charge is 0.321 e. The van der Waals surface area contributed by atoms with Gasteiger partial charge in [0.1, 0.15) is 18.2 Å². The van der Waals surface area contributed by atoms with Gasteiger partial charge in [0.25, 0.3) is 0 Å². The van der Waals surface area contributed by atoms with Crippen LogP contribution in [-0.2, 0) is 9.59 Å². The fourth-order valence-corrected chi connectivity index (χ4v) is 3.83. The van der Waals surface area contributed by atoms with Crippen LogP contribution in [-0.4, -0.2) is 67.0 Å². The van der Waals surface area contributed by atoms with E-state index in [0.717, 1.165) is 5.69 Å². The normalized spacial score (nSPS) is 15.6. The minimum absolute atomic E-state index is 0.0986. The van der Waals surface area contributed by atoms with Gasteiger partial charge in [0.2, 0.25) is 11.8 Å². The Bertz CT molecular complexity index is 990. The molecule has 2 aromatic rings. The fraction of sp³-hybridized carbons (Fsp3) is 0.348. The molecule has 0 spiro atoms. The second kappa shape index (κ2) is 9.67. The zero-order chi connectivity index (χ0) is 22.5. The number of nitrogens with zero attached hydrogens (tertiary/aromatic N) is 3. The van der Waals surface area contributed by atoms with Crippen molar-refractivity contribution in [2.45, 2.75) is 12.8 Å². The van der Waals surface area contributed by atoms with Crippen molar-refractivity contribution in [2.75, 3.05) is 49.5 Å². The van der Waals surface area contributed by atoms with Gasteiger partial charge in [-0.2, -0.15) is 0 Å². The first-order valence-corrected chi connectivity index (χ1v) is 10.6. The number of amides is 4. The number of urea groups is 1. The third-order valence-corrected chi connectivity index (χ3v) is 5.60. The van der Waals surface area contributed by atoms with Crippen molar-refractivity contribution in [2.24, 2.45) is 0 Å². The molecule has 1 N–H and O–H groups in total. The largest absolute Gasteiger partial charge is 0.490 e. The number of ether oxygens (including phenoxy) is 1. The minimum Gasteiger partial charge on any atom is -0.490 e. The van der Waals surface area contributed by atoms with Crippen molar-refractivity contribution >= 4 is 29.2 Å². The summed E-state index contributed by atoms with van der Waals surface area (Å²) in [6.07, 6.45) is 0.249. The Morgan fingerprint density at radius 2 is 1.50 bits per heavy atom. The Morgan fingerprint density at radius 1 is 0.844 bits per heavy atom. The number of halogens is 1. The lowest BCUT2D eigenvalue weighted by Gasteiger charge is -2.35. The highest BCUT2D eigenvalue weighted by Crippen LogP contribution is 2.31. The first kappa shape index (κ1) is 21.6. The lowest BCUT2D eigenvalue weighted by molar-refractivity contribution is -0.134. The highest BCUT2D eigenvalue weighted by atomic mass is 19.1. The van der Waals surface area contributed by atoms with E-state index in [1.165, 1.54) is 24.3 Å². The molecule has 8 nitrogen and oxygen atoms in total. The molecule has 32 heavy (non-hydrogen) atoms. The van der Waals surface area contributed by atoms with Crippen LogP contribution in [0.5, 0.6) is 5.75 Å². The maximum atomic E-state index is 13.0. The molecular weight excluding hydrogens is 415 g/mol.